The van der Waals surface area contributed by atoms with Crippen LogP contribution in [0.5, 0.6) is 0 Å². The van der Waals surface area contributed by atoms with Crippen molar-refractivity contribution in [1.29, 1.82) is 0 Å². The molecule has 2 N–H and O–H groups in total. The van der Waals surface area contributed by atoms with Crippen LogP contribution >= 0.6 is 0 Å². The van der Waals surface area contributed by atoms with Crippen molar-refractivity contribution in [3.05, 3.63) is 53.5 Å². The topological polar surface area (TPSA) is 86.9 Å². The molecule has 2 aliphatic rings. The largest absolute Gasteiger partial charge is 0.467 e. The minimum atomic E-state index is -0.343. The number of carbonyl (C=O) groups excluding carboxylic acids is 2. The Bertz CT molecular complexity index is 871. The molecule has 4 rings (SSSR count). The number of amides is 2. The summed E-state index contributed by atoms with van der Waals surface area (Å²) in [4.78, 5) is 29.8. The van der Waals surface area contributed by atoms with Crippen LogP contribution in [0.15, 0.2) is 46.0 Å². The van der Waals surface area contributed by atoms with Crippen LogP contribution in [0.3, 0.4) is 0 Å². The van der Waals surface area contributed by atoms with Crippen LogP contribution in [0, 0.1) is 0 Å². The molecule has 1 aromatic heterocycles. The number of nitrogens with one attached hydrogen (secondary N) is 2. The number of hydrogen-bond donors (Lipinski definition) is 2. The maximum Gasteiger partial charge on any atom is 0.261 e. The summed E-state index contributed by atoms with van der Waals surface area (Å²) in [5, 5.41) is 5.11. The summed E-state index contributed by atoms with van der Waals surface area (Å²) in [6.45, 7) is 2.70. The Balaban J connectivity index is 1.52. The lowest BCUT2D eigenvalue weighted by atomic mass is 10.1. The van der Waals surface area contributed by atoms with E-state index in [0.29, 0.717) is 23.9 Å². The maximum absolute atomic E-state index is 12.5. The van der Waals surface area contributed by atoms with E-state index < -0.39 is 0 Å². The van der Waals surface area contributed by atoms with E-state index in [0.717, 1.165) is 6.42 Å². The molecule has 2 amide bonds. The fourth-order valence-electron chi connectivity index (χ4n) is 3.30. The van der Waals surface area contributed by atoms with Gasteiger partial charge in [-0.2, -0.15) is 0 Å². The van der Waals surface area contributed by atoms with E-state index in [1.807, 2.05) is 12.1 Å². The van der Waals surface area contributed by atoms with Gasteiger partial charge in [0.05, 0.1) is 18.4 Å². The van der Waals surface area contributed by atoms with Gasteiger partial charge in [-0.3, -0.25) is 20.2 Å². The van der Waals surface area contributed by atoms with Gasteiger partial charge in [-0.25, -0.2) is 4.99 Å². The van der Waals surface area contributed by atoms with Crippen LogP contribution < -0.4 is 15.5 Å². The third-order valence-electron chi connectivity index (χ3n) is 4.52. The van der Waals surface area contributed by atoms with Gasteiger partial charge in [-0.15, -0.1) is 0 Å². The van der Waals surface area contributed by atoms with Crippen molar-refractivity contribution in [3.63, 3.8) is 0 Å². The van der Waals surface area contributed by atoms with Gasteiger partial charge in [0.15, 0.2) is 0 Å². The molecule has 7 nitrogen and oxygen atoms in total. The maximum atomic E-state index is 12.5. The number of benzene rings is 1. The molecule has 2 aromatic rings. The van der Waals surface area contributed by atoms with Crippen LogP contribution in [-0.4, -0.2) is 30.4 Å². The van der Waals surface area contributed by atoms with Crippen molar-refractivity contribution in [2.75, 3.05) is 11.4 Å². The quantitative estimate of drug-likeness (QED) is 0.887. The Morgan fingerprint density at radius 2 is 2.24 bits per heavy atom. The minimum Gasteiger partial charge on any atom is -0.467 e. The zero-order valence-electron chi connectivity index (χ0n) is 13.8. The van der Waals surface area contributed by atoms with Crippen LogP contribution in [0.1, 0.15) is 28.6 Å². The Morgan fingerprint density at radius 1 is 1.40 bits per heavy atom. The highest BCUT2D eigenvalue weighted by Gasteiger charge is 2.28. The van der Waals surface area contributed by atoms with E-state index >= 15 is 0 Å². The molecule has 25 heavy (non-hydrogen) atoms. The first-order chi connectivity index (χ1) is 12.1. The predicted octanol–water partition coefficient (Wildman–Crippen LogP) is 1.45. The molecule has 0 fully saturated rings. The second-order valence-corrected chi connectivity index (χ2v) is 6.23. The van der Waals surface area contributed by atoms with E-state index in [1.165, 1.54) is 17.5 Å². The van der Waals surface area contributed by atoms with Gasteiger partial charge < -0.3 is 9.32 Å². The van der Waals surface area contributed by atoms with E-state index in [4.69, 9.17) is 4.42 Å². The first-order valence-corrected chi connectivity index (χ1v) is 8.18. The smallest absolute Gasteiger partial charge is 0.261 e. The number of para-hydroxylation sites is 1. The Hall–Kier alpha value is -3.09. The van der Waals surface area contributed by atoms with Crippen molar-refractivity contribution in [2.24, 2.45) is 4.99 Å². The molecule has 7 heteroatoms. The molecule has 0 spiro atoms. The van der Waals surface area contributed by atoms with Gasteiger partial charge in [0.25, 0.3) is 5.91 Å². The summed E-state index contributed by atoms with van der Waals surface area (Å²) in [6, 6.07) is 10.2. The van der Waals surface area contributed by atoms with Crippen LogP contribution in [0.4, 0.5) is 5.69 Å². The van der Waals surface area contributed by atoms with Crippen LogP contribution in [0.25, 0.3) is 0 Å². The molecular formula is C18H18N4O3. The number of guanidine groups is 1. The summed E-state index contributed by atoms with van der Waals surface area (Å²) < 4.78 is 5.57. The second kappa shape index (κ2) is 6.08. The molecule has 3 heterocycles. The lowest BCUT2D eigenvalue weighted by Gasteiger charge is -2.24. The van der Waals surface area contributed by atoms with E-state index in [-0.39, 0.29) is 24.3 Å². The summed E-state index contributed by atoms with van der Waals surface area (Å²) in [6.07, 6.45) is 2.48. The Morgan fingerprint density at radius 3 is 3.04 bits per heavy atom. The molecular weight excluding hydrogens is 320 g/mol. The average molecular weight is 338 g/mol. The van der Waals surface area contributed by atoms with Crippen molar-refractivity contribution in [2.45, 2.75) is 25.9 Å². The van der Waals surface area contributed by atoms with Crippen LogP contribution in [0.2, 0.25) is 0 Å². The van der Waals surface area contributed by atoms with E-state index in [2.05, 4.69) is 39.6 Å². The van der Waals surface area contributed by atoms with Gasteiger partial charge in [-0.1, -0.05) is 18.2 Å². The molecule has 0 radical (unpaired) electrons. The van der Waals surface area contributed by atoms with Gasteiger partial charge in [0.2, 0.25) is 11.9 Å². The van der Waals surface area contributed by atoms with Crippen molar-refractivity contribution in [3.8, 4) is 0 Å². The zero-order valence-corrected chi connectivity index (χ0v) is 13.8. The van der Waals surface area contributed by atoms with Gasteiger partial charge >= 0.3 is 0 Å². The van der Waals surface area contributed by atoms with Crippen molar-refractivity contribution < 1.29 is 14.0 Å². The van der Waals surface area contributed by atoms with Gasteiger partial charge in [0.1, 0.15) is 12.3 Å². The Kier molecular flexibility index (Phi) is 3.76. The van der Waals surface area contributed by atoms with E-state index in [9.17, 15) is 9.59 Å². The zero-order chi connectivity index (χ0) is 17.4. The second-order valence-electron chi connectivity index (χ2n) is 6.23. The van der Waals surface area contributed by atoms with Crippen molar-refractivity contribution in [1.82, 2.24) is 10.6 Å². The highest BCUT2D eigenvalue weighted by atomic mass is 16.3. The van der Waals surface area contributed by atoms with E-state index in [1.54, 1.807) is 6.07 Å². The molecule has 128 valence electrons. The molecule has 0 saturated heterocycles. The molecule has 2 aliphatic heterocycles. The monoisotopic (exact) mass is 338 g/mol. The third-order valence-corrected chi connectivity index (χ3v) is 4.52. The number of anilines is 1. The lowest BCUT2D eigenvalue weighted by Crippen LogP contribution is -2.40. The first-order valence-electron chi connectivity index (χ1n) is 8.18. The standard InChI is InChI=1S/C18H18N4O3/c1-11-8-12-4-2-3-5-14(12)22(11)10-15-13(6-7-25-15)17(24)21-18-19-9-16(23)20-18/h2-7,11H,8-10H2,1H3,(H2,19,20,21,23,24). The molecule has 0 saturated carbocycles. The number of hydrogen-bond acceptors (Lipinski definition) is 5. The molecule has 1 unspecified atom stereocenters. The van der Waals surface area contributed by atoms with Crippen molar-refractivity contribution >= 4 is 23.5 Å². The lowest BCUT2D eigenvalue weighted by molar-refractivity contribution is -0.117. The SMILES string of the molecule is CC1Cc2ccccc2N1Cc1occc1C(=O)NC1=NCC(=O)N1. The summed E-state index contributed by atoms with van der Waals surface area (Å²) in [5.74, 6) is 0.197. The summed E-state index contributed by atoms with van der Waals surface area (Å²) in [5.41, 5.74) is 2.92. The first kappa shape index (κ1) is 15.4. The molecule has 1 aromatic carbocycles. The molecule has 0 bridgehead atoms. The normalized spacial score (nSPS) is 18.8. The summed E-state index contributed by atoms with van der Waals surface area (Å²) in [7, 11) is 0. The fraction of sp³-hybridized carbons (Fsp3) is 0.278. The third kappa shape index (κ3) is 2.88. The van der Waals surface area contributed by atoms with Gasteiger partial charge in [-0.05, 0) is 31.0 Å². The number of nitrogens with zero attached hydrogens (tertiary/aromatic N) is 2. The number of carbonyl (C=O) groups is 2. The fourth-order valence-corrected chi connectivity index (χ4v) is 3.30. The number of furan rings is 1. The number of aliphatic imine (C=N–C) groups is 1. The van der Waals surface area contributed by atoms with Crippen LogP contribution in [-0.2, 0) is 17.8 Å². The highest BCUT2D eigenvalue weighted by molar-refractivity contribution is 6.12. The average Bonchev–Trinajstić information content (AvgIpc) is 3.28. The molecule has 0 aliphatic carbocycles. The number of fused-ring (bicyclic) bond motifs is 1. The predicted molar refractivity (Wildman–Crippen MR) is 92.4 cm³/mol. The highest BCUT2D eigenvalue weighted by Crippen LogP contribution is 2.33. The summed E-state index contributed by atoms with van der Waals surface area (Å²) >= 11 is 0. The minimum absolute atomic E-state index is 0.0376. The number of rotatable bonds is 3. The van der Waals surface area contributed by atoms with Gasteiger partial charge in [0, 0.05) is 11.7 Å². The molecule has 1 atom stereocenters. The Labute approximate surface area is 144 Å².